The molecule has 5 rings (SSSR count). The molecule has 3 aliphatic heterocycles. The zero-order valence-corrected chi connectivity index (χ0v) is 15.7. The van der Waals surface area contributed by atoms with Crippen molar-refractivity contribution in [1.82, 2.24) is 4.90 Å². The molecule has 3 aliphatic rings. The van der Waals surface area contributed by atoms with E-state index in [0.29, 0.717) is 30.6 Å². The van der Waals surface area contributed by atoms with Gasteiger partial charge in [-0.25, -0.2) is 0 Å². The highest BCUT2D eigenvalue weighted by Crippen LogP contribution is 2.33. The van der Waals surface area contributed by atoms with Crippen molar-refractivity contribution in [1.29, 1.82) is 0 Å². The molecule has 2 aromatic rings. The normalized spacial score (nSPS) is 22.8. The number of carbonyl (C=O) groups is 2. The number of nitrogens with zero attached hydrogens (tertiary/aromatic N) is 1. The van der Waals surface area contributed by atoms with Crippen molar-refractivity contribution < 1.29 is 28.9 Å². The van der Waals surface area contributed by atoms with Crippen LogP contribution in [-0.2, 0) is 27.3 Å². The Morgan fingerprint density at radius 2 is 1.69 bits per heavy atom. The first-order valence-electron chi connectivity index (χ1n) is 9.66. The van der Waals surface area contributed by atoms with Crippen LogP contribution in [-0.4, -0.2) is 54.0 Å². The first-order valence-corrected chi connectivity index (χ1v) is 9.66. The summed E-state index contributed by atoms with van der Waals surface area (Å²) in [5.74, 6) is -0.162. The number of carbonyl (C=O) groups excluding carboxylic acids is 2. The molecule has 146 valence electrons. The Kier molecular flexibility index (Phi) is 4.55. The van der Waals surface area contributed by atoms with Gasteiger partial charge in [-0.15, -0.1) is 0 Å². The van der Waals surface area contributed by atoms with Crippen LogP contribution >= 0.6 is 0 Å². The van der Waals surface area contributed by atoms with E-state index in [1.807, 2.05) is 18.2 Å². The van der Waals surface area contributed by atoms with E-state index < -0.39 is 20.3 Å². The van der Waals surface area contributed by atoms with E-state index in [-0.39, 0.29) is 18.4 Å². The molecular formula is C20H19B2NO6. The largest absolute Gasteiger partial charge is 0.491 e. The van der Waals surface area contributed by atoms with Crippen LogP contribution in [0.4, 0.5) is 0 Å². The van der Waals surface area contributed by atoms with E-state index in [1.165, 1.54) is 0 Å². The summed E-state index contributed by atoms with van der Waals surface area (Å²) < 4.78 is 10.4. The number of aldehydes is 1. The smallest absolute Gasteiger partial charge is 0.423 e. The second-order valence-electron chi connectivity index (χ2n) is 7.79. The van der Waals surface area contributed by atoms with E-state index in [9.17, 15) is 19.6 Å². The minimum atomic E-state index is -0.949. The molecule has 2 aromatic carbocycles. The predicted molar refractivity (Wildman–Crippen MR) is 106 cm³/mol. The fourth-order valence-corrected chi connectivity index (χ4v) is 4.50. The van der Waals surface area contributed by atoms with Gasteiger partial charge in [-0.05, 0) is 46.2 Å². The minimum Gasteiger partial charge on any atom is -0.423 e. The van der Waals surface area contributed by atoms with E-state index in [4.69, 9.17) is 9.31 Å². The summed E-state index contributed by atoms with van der Waals surface area (Å²) in [7, 11) is -1.83. The predicted octanol–water partition coefficient (Wildman–Crippen LogP) is -0.681. The molecule has 1 fully saturated rings. The molecule has 2 atom stereocenters. The standard InChI is InChI=1S/C20H19B2NO6/c24-9-17-7-14(12-1-3-18-15(5-12)10-28-21(18)26)8-23(17)20(25)13-2-4-19-16(6-13)11-29-22(19)27/h1-6,9,14,17,26-27H,7-8,10-11H2. The zero-order chi connectivity index (χ0) is 20.1. The maximum absolute atomic E-state index is 13.1. The lowest BCUT2D eigenvalue weighted by atomic mass is 9.78. The number of hydrogen-bond donors (Lipinski definition) is 2. The Bertz CT molecular complexity index is 999. The Balaban J connectivity index is 1.38. The van der Waals surface area contributed by atoms with Crippen LogP contribution in [0.5, 0.6) is 0 Å². The lowest BCUT2D eigenvalue weighted by molar-refractivity contribution is -0.111. The van der Waals surface area contributed by atoms with Crippen LogP contribution < -0.4 is 10.9 Å². The highest BCUT2D eigenvalue weighted by Gasteiger charge is 2.38. The van der Waals surface area contributed by atoms with Crippen LogP contribution in [0.3, 0.4) is 0 Å². The number of benzene rings is 2. The molecule has 0 aliphatic carbocycles. The zero-order valence-electron chi connectivity index (χ0n) is 15.7. The van der Waals surface area contributed by atoms with Crippen LogP contribution in [0, 0.1) is 0 Å². The summed E-state index contributed by atoms with van der Waals surface area (Å²) >= 11 is 0. The van der Waals surface area contributed by atoms with Crippen LogP contribution in [0.1, 0.15) is 39.4 Å². The van der Waals surface area contributed by atoms with Gasteiger partial charge < -0.3 is 29.1 Å². The van der Waals surface area contributed by atoms with Crippen molar-refractivity contribution in [3.05, 3.63) is 58.7 Å². The summed E-state index contributed by atoms with van der Waals surface area (Å²) in [5.41, 5.74) is 4.71. The van der Waals surface area contributed by atoms with Crippen molar-refractivity contribution in [2.45, 2.75) is 31.6 Å². The van der Waals surface area contributed by atoms with Gasteiger partial charge >= 0.3 is 14.2 Å². The Morgan fingerprint density at radius 1 is 1.03 bits per heavy atom. The summed E-state index contributed by atoms with van der Waals surface area (Å²) in [6.07, 6.45) is 1.39. The Hall–Kier alpha value is -2.45. The Labute approximate surface area is 168 Å². The third-order valence-electron chi connectivity index (χ3n) is 6.12. The van der Waals surface area contributed by atoms with Crippen molar-refractivity contribution in [3.8, 4) is 0 Å². The fourth-order valence-electron chi connectivity index (χ4n) is 4.50. The van der Waals surface area contributed by atoms with Gasteiger partial charge in [0.2, 0.25) is 0 Å². The molecule has 0 bridgehead atoms. The van der Waals surface area contributed by atoms with E-state index in [2.05, 4.69) is 0 Å². The van der Waals surface area contributed by atoms with Crippen LogP contribution in [0.2, 0.25) is 0 Å². The molecule has 0 aromatic heterocycles. The second kappa shape index (κ2) is 7.11. The van der Waals surface area contributed by atoms with Gasteiger partial charge in [0.05, 0.1) is 19.3 Å². The van der Waals surface area contributed by atoms with Crippen LogP contribution in [0.25, 0.3) is 0 Å². The molecule has 29 heavy (non-hydrogen) atoms. The Morgan fingerprint density at radius 3 is 2.38 bits per heavy atom. The lowest BCUT2D eigenvalue weighted by Gasteiger charge is -2.21. The van der Waals surface area contributed by atoms with Gasteiger partial charge in [-0.2, -0.15) is 0 Å². The molecule has 1 amide bonds. The molecule has 1 saturated heterocycles. The highest BCUT2D eigenvalue weighted by molar-refractivity contribution is 6.62. The van der Waals surface area contributed by atoms with E-state index in [0.717, 1.165) is 28.4 Å². The molecule has 0 spiro atoms. The highest BCUT2D eigenvalue weighted by atomic mass is 16.5. The van der Waals surface area contributed by atoms with Crippen molar-refractivity contribution in [3.63, 3.8) is 0 Å². The third-order valence-corrected chi connectivity index (χ3v) is 6.12. The molecule has 9 heteroatoms. The topological polar surface area (TPSA) is 96.3 Å². The second-order valence-corrected chi connectivity index (χ2v) is 7.79. The van der Waals surface area contributed by atoms with Crippen molar-refractivity contribution in [2.24, 2.45) is 0 Å². The SMILES string of the molecule is O=CC1CC(c2ccc3c(c2)COB3O)CN1C(=O)c1ccc2c(c1)COB2O. The molecule has 0 saturated carbocycles. The van der Waals surface area contributed by atoms with Crippen molar-refractivity contribution in [2.75, 3.05) is 6.54 Å². The van der Waals surface area contributed by atoms with Gasteiger partial charge in [0.1, 0.15) is 6.29 Å². The van der Waals surface area contributed by atoms with Gasteiger partial charge in [0, 0.05) is 18.0 Å². The third kappa shape index (κ3) is 3.11. The van der Waals surface area contributed by atoms with Gasteiger partial charge in [-0.3, -0.25) is 4.79 Å². The first kappa shape index (κ1) is 18.6. The summed E-state index contributed by atoms with van der Waals surface area (Å²) in [6.45, 7) is 1.07. The average Bonchev–Trinajstić information content (AvgIpc) is 3.44. The number of amides is 1. The van der Waals surface area contributed by atoms with Gasteiger partial charge in [0.15, 0.2) is 0 Å². The summed E-state index contributed by atoms with van der Waals surface area (Å²) in [6, 6.07) is 10.4. The molecule has 2 N–H and O–H groups in total. The number of fused-ring (bicyclic) bond motifs is 2. The number of rotatable bonds is 3. The van der Waals surface area contributed by atoms with Crippen molar-refractivity contribution >= 4 is 37.4 Å². The fraction of sp³-hybridized carbons (Fsp3) is 0.300. The maximum Gasteiger partial charge on any atom is 0.491 e. The molecule has 2 unspecified atom stereocenters. The quantitative estimate of drug-likeness (QED) is 0.532. The average molecular weight is 391 g/mol. The number of hydrogen-bond acceptors (Lipinski definition) is 6. The monoisotopic (exact) mass is 391 g/mol. The van der Waals surface area contributed by atoms with Gasteiger partial charge in [-0.1, -0.05) is 24.3 Å². The maximum atomic E-state index is 13.1. The van der Waals surface area contributed by atoms with E-state index in [1.54, 1.807) is 23.1 Å². The first-order chi connectivity index (χ1) is 14.0. The molecule has 0 radical (unpaired) electrons. The minimum absolute atomic E-state index is 0.0387. The molecule has 7 nitrogen and oxygen atoms in total. The summed E-state index contributed by atoms with van der Waals surface area (Å²) in [4.78, 5) is 26.4. The molecule has 3 heterocycles. The lowest BCUT2D eigenvalue weighted by Crippen LogP contribution is -2.37. The van der Waals surface area contributed by atoms with Crippen LogP contribution in [0.15, 0.2) is 36.4 Å². The summed E-state index contributed by atoms with van der Waals surface area (Å²) in [5, 5.41) is 19.6. The van der Waals surface area contributed by atoms with Gasteiger partial charge in [0.25, 0.3) is 5.91 Å². The number of likely N-dealkylation sites (tertiary alicyclic amines) is 1. The van der Waals surface area contributed by atoms with E-state index >= 15 is 0 Å². The molecular weight excluding hydrogens is 372 g/mol.